The Hall–Kier alpha value is -0.0800. The van der Waals surface area contributed by atoms with E-state index in [9.17, 15) is 0 Å². The van der Waals surface area contributed by atoms with Crippen molar-refractivity contribution < 1.29 is 9.47 Å². The van der Waals surface area contributed by atoms with E-state index in [0.29, 0.717) is 19.0 Å². The van der Waals surface area contributed by atoms with Crippen molar-refractivity contribution >= 4 is 0 Å². The second-order valence-corrected chi connectivity index (χ2v) is 4.39. The average Bonchev–Trinajstić information content (AvgIpc) is 2.07. The standard InChI is InChI=1S/C10H16O2/c1-2-7-4-5-9-8(3-1)10(7)12-6-11-9/h7-10H,1-6H2. The minimum Gasteiger partial charge on any atom is -0.352 e. The second kappa shape index (κ2) is 2.71. The second-order valence-electron chi connectivity index (χ2n) is 4.39. The summed E-state index contributed by atoms with van der Waals surface area (Å²) < 4.78 is 11.3. The van der Waals surface area contributed by atoms with Crippen molar-refractivity contribution in [3.05, 3.63) is 0 Å². The lowest BCUT2D eigenvalue weighted by molar-refractivity contribution is -0.251. The number of ether oxygens (including phenoxy) is 2. The molecule has 3 aliphatic rings. The van der Waals surface area contributed by atoms with E-state index in [-0.39, 0.29) is 0 Å². The summed E-state index contributed by atoms with van der Waals surface area (Å²) in [7, 11) is 0. The molecule has 12 heavy (non-hydrogen) atoms. The monoisotopic (exact) mass is 168 g/mol. The molecule has 0 aromatic heterocycles. The van der Waals surface area contributed by atoms with Gasteiger partial charge in [0.1, 0.15) is 6.79 Å². The van der Waals surface area contributed by atoms with Crippen molar-refractivity contribution in [3.8, 4) is 0 Å². The first-order chi connectivity index (χ1) is 5.95. The fourth-order valence-corrected chi connectivity index (χ4v) is 3.26. The van der Waals surface area contributed by atoms with Crippen LogP contribution in [0.15, 0.2) is 0 Å². The molecule has 0 amide bonds. The van der Waals surface area contributed by atoms with Gasteiger partial charge in [0.05, 0.1) is 12.2 Å². The summed E-state index contributed by atoms with van der Waals surface area (Å²) in [4.78, 5) is 0. The molecule has 2 nitrogen and oxygen atoms in total. The van der Waals surface area contributed by atoms with Gasteiger partial charge < -0.3 is 9.47 Å². The molecule has 0 N–H and O–H groups in total. The molecule has 0 spiro atoms. The van der Waals surface area contributed by atoms with Crippen LogP contribution in [0.25, 0.3) is 0 Å². The van der Waals surface area contributed by atoms with Gasteiger partial charge in [-0.25, -0.2) is 0 Å². The lowest BCUT2D eigenvalue weighted by atomic mass is 9.68. The zero-order valence-electron chi connectivity index (χ0n) is 7.37. The van der Waals surface area contributed by atoms with Gasteiger partial charge in [-0.1, -0.05) is 6.42 Å². The number of rotatable bonds is 0. The number of hydrogen-bond acceptors (Lipinski definition) is 2. The third-order valence-electron chi connectivity index (χ3n) is 3.84. The fourth-order valence-electron chi connectivity index (χ4n) is 3.26. The van der Waals surface area contributed by atoms with Crippen molar-refractivity contribution in [1.82, 2.24) is 0 Å². The van der Waals surface area contributed by atoms with Gasteiger partial charge in [-0.15, -0.1) is 0 Å². The predicted molar refractivity (Wildman–Crippen MR) is 44.7 cm³/mol. The van der Waals surface area contributed by atoms with Crippen molar-refractivity contribution in [2.75, 3.05) is 6.79 Å². The Morgan fingerprint density at radius 2 is 1.92 bits per heavy atom. The molecule has 0 radical (unpaired) electrons. The highest BCUT2D eigenvalue weighted by Crippen LogP contribution is 2.44. The third kappa shape index (κ3) is 0.944. The highest BCUT2D eigenvalue weighted by Gasteiger charge is 2.45. The van der Waals surface area contributed by atoms with Gasteiger partial charge in [-0.2, -0.15) is 0 Å². The molecule has 3 rings (SSSR count). The van der Waals surface area contributed by atoms with Crippen LogP contribution in [0.4, 0.5) is 0 Å². The quantitative estimate of drug-likeness (QED) is 0.550. The van der Waals surface area contributed by atoms with Crippen LogP contribution in [-0.2, 0) is 9.47 Å². The fraction of sp³-hybridized carbons (Fsp3) is 1.00. The van der Waals surface area contributed by atoms with Crippen LogP contribution in [0.2, 0.25) is 0 Å². The van der Waals surface area contributed by atoms with Crippen molar-refractivity contribution in [1.29, 1.82) is 0 Å². The summed E-state index contributed by atoms with van der Waals surface area (Å²) in [5.74, 6) is 1.61. The molecule has 2 saturated carbocycles. The minimum absolute atomic E-state index is 0.542. The first-order valence-electron chi connectivity index (χ1n) is 5.18. The average molecular weight is 168 g/mol. The zero-order chi connectivity index (χ0) is 7.97. The summed E-state index contributed by atoms with van der Waals surface area (Å²) in [5, 5.41) is 0. The van der Waals surface area contributed by atoms with Gasteiger partial charge >= 0.3 is 0 Å². The summed E-state index contributed by atoms with van der Waals surface area (Å²) in [5.41, 5.74) is 0. The van der Waals surface area contributed by atoms with Crippen molar-refractivity contribution in [2.45, 2.75) is 44.3 Å². The maximum Gasteiger partial charge on any atom is 0.147 e. The van der Waals surface area contributed by atoms with Crippen LogP contribution >= 0.6 is 0 Å². The third-order valence-corrected chi connectivity index (χ3v) is 3.84. The lowest BCUT2D eigenvalue weighted by Crippen LogP contribution is -2.51. The van der Waals surface area contributed by atoms with Crippen LogP contribution in [0, 0.1) is 11.8 Å². The maximum atomic E-state index is 5.69. The SMILES string of the molecule is C1CC2CCC3OCOC2C3C1. The Kier molecular flexibility index (Phi) is 1.66. The normalized spacial score (nSPS) is 52.0. The Bertz CT molecular complexity index is 161. The highest BCUT2D eigenvalue weighted by atomic mass is 16.7. The van der Waals surface area contributed by atoms with E-state index in [0.717, 1.165) is 11.8 Å². The van der Waals surface area contributed by atoms with E-state index >= 15 is 0 Å². The molecule has 0 aromatic carbocycles. The van der Waals surface area contributed by atoms with Crippen molar-refractivity contribution in [3.63, 3.8) is 0 Å². The van der Waals surface area contributed by atoms with Gasteiger partial charge in [0, 0.05) is 5.92 Å². The van der Waals surface area contributed by atoms with E-state index in [1.165, 1.54) is 32.1 Å². The Balaban J connectivity index is 1.86. The smallest absolute Gasteiger partial charge is 0.147 e. The van der Waals surface area contributed by atoms with E-state index in [1.807, 2.05) is 0 Å². The molecule has 1 aliphatic heterocycles. The summed E-state index contributed by atoms with van der Waals surface area (Å²) >= 11 is 0. The Labute approximate surface area is 73.2 Å². The lowest BCUT2D eigenvalue weighted by Gasteiger charge is -2.49. The van der Waals surface area contributed by atoms with Gasteiger partial charge in [0.2, 0.25) is 0 Å². The maximum absolute atomic E-state index is 5.69. The van der Waals surface area contributed by atoms with Crippen LogP contribution < -0.4 is 0 Å². The first-order valence-corrected chi connectivity index (χ1v) is 5.18. The van der Waals surface area contributed by atoms with Crippen LogP contribution in [0.1, 0.15) is 32.1 Å². The molecule has 2 heteroatoms. The van der Waals surface area contributed by atoms with E-state index in [4.69, 9.17) is 9.47 Å². The number of hydrogen-bond donors (Lipinski definition) is 0. The topological polar surface area (TPSA) is 18.5 Å². The van der Waals surface area contributed by atoms with E-state index < -0.39 is 0 Å². The highest BCUT2D eigenvalue weighted by molar-refractivity contribution is 4.93. The summed E-state index contributed by atoms with van der Waals surface area (Å²) in [6, 6.07) is 0. The molecule has 4 atom stereocenters. The summed E-state index contributed by atoms with van der Waals surface area (Å²) in [6.45, 7) is 0.558. The van der Waals surface area contributed by atoms with E-state index in [1.54, 1.807) is 0 Å². The predicted octanol–water partition coefficient (Wildman–Crippen LogP) is 1.94. The first kappa shape index (κ1) is 7.34. The molecular formula is C10H16O2. The van der Waals surface area contributed by atoms with Crippen LogP contribution in [-0.4, -0.2) is 19.0 Å². The largest absolute Gasteiger partial charge is 0.352 e. The molecule has 4 unspecified atom stereocenters. The zero-order valence-corrected chi connectivity index (χ0v) is 7.37. The molecule has 68 valence electrons. The van der Waals surface area contributed by atoms with Crippen molar-refractivity contribution in [2.24, 2.45) is 11.8 Å². The molecule has 3 fully saturated rings. The summed E-state index contributed by atoms with van der Waals surface area (Å²) in [6.07, 6.45) is 7.86. The minimum atomic E-state index is 0.542. The van der Waals surface area contributed by atoms with Crippen LogP contribution in [0.5, 0.6) is 0 Å². The van der Waals surface area contributed by atoms with Gasteiger partial charge in [0.15, 0.2) is 0 Å². The van der Waals surface area contributed by atoms with Crippen LogP contribution in [0.3, 0.4) is 0 Å². The molecule has 2 aliphatic carbocycles. The molecule has 1 saturated heterocycles. The van der Waals surface area contributed by atoms with Gasteiger partial charge in [-0.3, -0.25) is 0 Å². The Morgan fingerprint density at radius 1 is 0.917 bits per heavy atom. The van der Waals surface area contributed by atoms with E-state index in [2.05, 4.69) is 0 Å². The molecular weight excluding hydrogens is 152 g/mol. The van der Waals surface area contributed by atoms with Gasteiger partial charge in [0.25, 0.3) is 0 Å². The Morgan fingerprint density at radius 3 is 2.83 bits per heavy atom. The molecule has 1 heterocycles. The molecule has 0 aromatic rings. The molecule has 4 bridgehead atoms. The van der Waals surface area contributed by atoms with Gasteiger partial charge in [-0.05, 0) is 31.6 Å².